The Kier molecular flexibility index (Phi) is 2.90. The number of methoxy groups -OCH3 is 1. The molecule has 0 aliphatic heterocycles. The second-order valence-electron chi connectivity index (χ2n) is 3.40. The molecule has 0 amide bonds. The van der Waals surface area contributed by atoms with Crippen molar-refractivity contribution in [1.82, 2.24) is 0 Å². The number of ether oxygens (including phenoxy) is 1. The average Bonchev–Trinajstić information content (AvgIpc) is 2.11. The number of aliphatic hydroxyl groups is 3. The van der Waals surface area contributed by atoms with Crippen LogP contribution in [0, 0.1) is 0 Å². The lowest BCUT2D eigenvalue weighted by Gasteiger charge is -2.34. The van der Waals surface area contributed by atoms with E-state index in [4.69, 9.17) is 5.11 Å². The van der Waals surface area contributed by atoms with Gasteiger partial charge in [0.2, 0.25) is 0 Å². The maximum atomic E-state index is 11.1. The van der Waals surface area contributed by atoms with Crippen LogP contribution in [-0.2, 0) is 9.53 Å². The molecule has 76 valence electrons. The van der Waals surface area contributed by atoms with Gasteiger partial charge in [-0.25, -0.2) is 4.79 Å². The smallest absolute Gasteiger partial charge is 0.337 e. The van der Waals surface area contributed by atoms with Gasteiger partial charge < -0.3 is 20.1 Å². The van der Waals surface area contributed by atoms with Crippen molar-refractivity contribution in [1.29, 1.82) is 0 Å². The first-order valence-electron chi connectivity index (χ1n) is 4.16. The van der Waals surface area contributed by atoms with Gasteiger partial charge in [-0.3, -0.25) is 0 Å². The van der Waals surface area contributed by atoms with E-state index in [2.05, 4.69) is 4.74 Å². The van der Waals surface area contributed by atoms with Crippen molar-refractivity contribution in [3.63, 3.8) is 0 Å². The van der Waals surface area contributed by atoms with Crippen LogP contribution in [0.25, 0.3) is 0 Å². The third-order valence-electron chi connectivity index (χ3n) is 2.41. The van der Waals surface area contributed by atoms with Crippen LogP contribution in [0.2, 0.25) is 0 Å². The Morgan fingerprint density at radius 1 is 1.46 bits per heavy atom. The lowest BCUT2D eigenvalue weighted by molar-refractivity contribution is -0.175. The minimum absolute atomic E-state index is 0.123. The maximum Gasteiger partial charge on any atom is 0.337 e. The maximum absolute atomic E-state index is 11.1. The Labute approximate surface area is 75.9 Å². The molecule has 0 bridgehead atoms. The molecule has 1 saturated carbocycles. The van der Waals surface area contributed by atoms with E-state index >= 15 is 0 Å². The van der Waals surface area contributed by atoms with Gasteiger partial charge in [-0.05, 0) is 12.8 Å². The van der Waals surface area contributed by atoms with Gasteiger partial charge in [0.15, 0.2) is 5.60 Å². The highest BCUT2D eigenvalue weighted by molar-refractivity contribution is 5.79. The summed E-state index contributed by atoms with van der Waals surface area (Å²) in [4.78, 5) is 11.1. The number of rotatable bonds is 1. The first kappa shape index (κ1) is 10.4. The molecule has 5 heteroatoms. The second kappa shape index (κ2) is 3.61. The van der Waals surface area contributed by atoms with E-state index in [0.29, 0.717) is 0 Å². The summed E-state index contributed by atoms with van der Waals surface area (Å²) in [5.74, 6) is -0.751. The number of carbonyl (C=O) groups is 1. The van der Waals surface area contributed by atoms with Crippen LogP contribution in [0.5, 0.6) is 0 Å². The molecule has 0 saturated heterocycles. The Morgan fingerprint density at radius 3 is 2.54 bits per heavy atom. The fourth-order valence-corrected chi connectivity index (χ4v) is 1.54. The summed E-state index contributed by atoms with van der Waals surface area (Å²) in [5, 5.41) is 28.1. The van der Waals surface area contributed by atoms with Gasteiger partial charge >= 0.3 is 5.97 Å². The highest BCUT2D eigenvalue weighted by atomic mass is 16.5. The highest BCUT2D eigenvalue weighted by Crippen LogP contribution is 2.29. The van der Waals surface area contributed by atoms with Crippen LogP contribution >= 0.6 is 0 Å². The highest BCUT2D eigenvalue weighted by Gasteiger charge is 2.44. The van der Waals surface area contributed by atoms with E-state index in [0.717, 1.165) is 0 Å². The summed E-state index contributed by atoms with van der Waals surface area (Å²) >= 11 is 0. The molecule has 1 aliphatic carbocycles. The molecule has 1 aliphatic rings. The lowest BCUT2D eigenvalue weighted by Crippen LogP contribution is -2.50. The first-order chi connectivity index (χ1) is 5.99. The molecule has 0 heterocycles. The minimum Gasteiger partial charge on any atom is -0.467 e. The predicted octanol–water partition coefficient (Wildman–Crippen LogP) is -1.20. The molecule has 0 spiro atoms. The van der Waals surface area contributed by atoms with Crippen molar-refractivity contribution in [2.24, 2.45) is 0 Å². The molecule has 0 aromatic rings. The van der Waals surface area contributed by atoms with Crippen LogP contribution in [0.3, 0.4) is 0 Å². The number of hydrogen-bond acceptors (Lipinski definition) is 5. The van der Waals surface area contributed by atoms with Crippen molar-refractivity contribution in [2.75, 3.05) is 7.11 Å². The number of hydrogen-bond donors (Lipinski definition) is 3. The number of aliphatic hydroxyl groups excluding tert-OH is 2. The lowest BCUT2D eigenvalue weighted by atomic mass is 9.81. The SMILES string of the molecule is COC(=O)[C@@]1(O)CC[C@H](O)[C@H](O)C1. The van der Waals surface area contributed by atoms with Crippen LogP contribution < -0.4 is 0 Å². The van der Waals surface area contributed by atoms with Crippen LogP contribution in [0.4, 0.5) is 0 Å². The second-order valence-corrected chi connectivity index (χ2v) is 3.40. The summed E-state index contributed by atoms with van der Waals surface area (Å²) in [6, 6.07) is 0. The quantitative estimate of drug-likeness (QED) is 0.452. The molecule has 0 radical (unpaired) electrons. The van der Waals surface area contributed by atoms with E-state index in [1.807, 2.05) is 0 Å². The molecular formula is C8H14O5. The van der Waals surface area contributed by atoms with E-state index < -0.39 is 23.8 Å². The summed E-state index contributed by atoms with van der Waals surface area (Å²) in [5.41, 5.74) is -1.63. The Hall–Kier alpha value is -0.650. The number of esters is 1. The molecule has 3 atom stereocenters. The summed E-state index contributed by atoms with van der Waals surface area (Å²) in [7, 11) is 1.18. The average molecular weight is 190 g/mol. The zero-order valence-electron chi connectivity index (χ0n) is 7.43. The van der Waals surface area contributed by atoms with Crippen molar-refractivity contribution < 1.29 is 24.9 Å². The molecule has 0 aromatic heterocycles. The van der Waals surface area contributed by atoms with Crippen molar-refractivity contribution in [3.8, 4) is 0 Å². The van der Waals surface area contributed by atoms with E-state index in [9.17, 15) is 15.0 Å². The Balaban J connectivity index is 2.66. The van der Waals surface area contributed by atoms with Crippen molar-refractivity contribution in [2.45, 2.75) is 37.1 Å². The Bertz CT molecular complexity index is 205. The summed E-state index contributed by atoms with van der Waals surface area (Å²) < 4.78 is 4.39. The van der Waals surface area contributed by atoms with Crippen LogP contribution in [0.1, 0.15) is 19.3 Å². The van der Waals surface area contributed by atoms with Crippen LogP contribution in [0.15, 0.2) is 0 Å². The van der Waals surface area contributed by atoms with E-state index in [1.54, 1.807) is 0 Å². The minimum atomic E-state index is -1.63. The predicted molar refractivity (Wildman–Crippen MR) is 42.8 cm³/mol. The third kappa shape index (κ3) is 1.99. The molecule has 1 fully saturated rings. The fourth-order valence-electron chi connectivity index (χ4n) is 1.54. The standard InChI is InChI=1S/C8H14O5/c1-13-7(11)8(12)3-2-5(9)6(10)4-8/h5-6,9-10,12H,2-4H2,1H3/t5-,6+,8+/m0/s1. The topological polar surface area (TPSA) is 87.0 Å². The fraction of sp³-hybridized carbons (Fsp3) is 0.875. The van der Waals surface area contributed by atoms with Gasteiger partial charge in [0.25, 0.3) is 0 Å². The Morgan fingerprint density at radius 2 is 2.08 bits per heavy atom. The normalized spacial score (nSPS) is 40.0. The van der Waals surface area contributed by atoms with Gasteiger partial charge in [0.1, 0.15) is 0 Å². The van der Waals surface area contributed by atoms with Crippen molar-refractivity contribution >= 4 is 5.97 Å². The van der Waals surface area contributed by atoms with Gasteiger partial charge in [-0.15, -0.1) is 0 Å². The van der Waals surface area contributed by atoms with Gasteiger partial charge in [0.05, 0.1) is 19.3 Å². The first-order valence-corrected chi connectivity index (χ1v) is 4.16. The van der Waals surface area contributed by atoms with E-state index in [1.165, 1.54) is 7.11 Å². The van der Waals surface area contributed by atoms with Gasteiger partial charge in [-0.1, -0.05) is 0 Å². The molecule has 0 aromatic carbocycles. The molecule has 13 heavy (non-hydrogen) atoms. The van der Waals surface area contributed by atoms with Gasteiger partial charge in [-0.2, -0.15) is 0 Å². The number of carbonyl (C=O) groups excluding carboxylic acids is 1. The van der Waals surface area contributed by atoms with Gasteiger partial charge in [0, 0.05) is 6.42 Å². The zero-order valence-corrected chi connectivity index (χ0v) is 7.43. The molecular weight excluding hydrogens is 176 g/mol. The summed E-state index contributed by atoms with van der Waals surface area (Å²) in [6.07, 6.45) is -1.76. The summed E-state index contributed by atoms with van der Waals surface area (Å²) in [6.45, 7) is 0. The molecule has 1 rings (SSSR count). The molecule has 0 unspecified atom stereocenters. The molecule has 3 N–H and O–H groups in total. The largest absolute Gasteiger partial charge is 0.467 e. The molecule has 5 nitrogen and oxygen atoms in total. The zero-order chi connectivity index (χ0) is 10.1. The van der Waals surface area contributed by atoms with Crippen LogP contribution in [-0.4, -0.2) is 46.2 Å². The van der Waals surface area contributed by atoms with E-state index in [-0.39, 0.29) is 19.3 Å². The van der Waals surface area contributed by atoms with Crippen molar-refractivity contribution in [3.05, 3.63) is 0 Å². The monoisotopic (exact) mass is 190 g/mol. The third-order valence-corrected chi connectivity index (χ3v) is 2.41.